The molecular formula is C30H61Br. The summed E-state index contributed by atoms with van der Waals surface area (Å²) in [7, 11) is 0. The molecular weight excluding hydrogens is 440 g/mol. The van der Waals surface area contributed by atoms with Crippen molar-refractivity contribution in [1.29, 1.82) is 0 Å². The molecule has 1 heteroatoms. The molecule has 0 bridgehead atoms. The lowest BCUT2D eigenvalue weighted by molar-refractivity contribution is 0.365. The van der Waals surface area contributed by atoms with Crippen molar-refractivity contribution in [3.63, 3.8) is 0 Å². The Morgan fingerprint density at radius 3 is 0.903 bits per heavy atom. The molecule has 0 nitrogen and oxygen atoms in total. The number of halogens is 1. The van der Waals surface area contributed by atoms with E-state index in [-0.39, 0.29) is 0 Å². The van der Waals surface area contributed by atoms with Crippen LogP contribution in [0.2, 0.25) is 0 Å². The third kappa shape index (κ3) is 26.6. The van der Waals surface area contributed by atoms with Crippen LogP contribution < -0.4 is 0 Å². The van der Waals surface area contributed by atoms with Gasteiger partial charge in [-0.05, 0) is 12.3 Å². The minimum absolute atomic E-state index is 1.03. The highest BCUT2D eigenvalue weighted by molar-refractivity contribution is 9.09. The molecule has 0 saturated heterocycles. The summed E-state index contributed by atoms with van der Waals surface area (Å²) in [6.45, 7) is 4.63. The van der Waals surface area contributed by atoms with Crippen molar-refractivity contribution in [1.82, 2.24) is 0 Å². The van der Waals surface area contributed by atoms with Gasteiger partial charge in [-0.3, -0.25) is 0 Å². The molecule has 0 aromatic rings. The smallest absolute Gasteiger partial charge is 0.00313 e. The molecule has 0 N–H and O–H groups in total. The molecule has 0 amide bonds. The van der Waals surface area contributed by atoms with Gasteiger partial charge in [0.2, 0.25) is 0 Å². The molecule has 0 radical (unpaired) electrons. The fourth-order valence-electron chi connectivity index (χ4n) is 4.98. The van der Waals surface area contributed by atoms with Gasteiger partial charge in [0.15, 0.2) is 0 Å². The van der Waals surface area contributed by atoms with Crippen LogP contribution >= 0.6 is 15.9 Å². The zero-order chi connectivity index (χ0) is 22.7. The van der Waals surface area contributed by atoms with Crippen LogP contribution in [0.15, 0.2) is 0 Å². The van der Waals surface area contributed by atoms with Crippen LogP contribution in [-0.4, -0.2) is 5.33 Å². The predicted octanol–water partition coefficient (Wildman–Crippen LogP) is 12.2. The molecule has 1 unspecified atom stereocenters. The van der Waals surface area contributed by atoms with E-state index in [1.54, 1.807) is 0 Å². The molecule has 0 aliphatic heterocycles. The van der Waals surface area contributed by atoms with Crippen molar-refractivity contribution < 1.29 is 0 Å². The van der Waals surface area contributed by atoms with Crippen LogP contribution in [0.1, 0.15) is 181 Å². The van der Waals surface area contributed by atoms with Gasteiger partial charge in [0.05, 0.1) is 0 Å². The largest absolute Gasteiger partial charge is 0.0928 e. The normalized spacial score (nSPS) is 12.5. The van der Waals surface area contributed by atoms with E-state index in [9.17, 15) is 0 Å². The Morgan fingerprint density at radius 2 is 0.613 bits per heavy atom. The van der Waals surface area contributed by atoms with Crippen molar-refractivity contribution in [2.24, 2.45) is 5.92 Å². The highest BCUT2D eigenvalue weighted by Gasteiger charge is 2.08. The molecule has 0 saturated carbocycles. The SMILES string of the molecule is CCCCCCCCCCCCC(CCCCCCCBr)CCCCCCCCCC. The second-order valence-corrected chi connectivity index (χ2v) is 11.1. The zero-order valence-corrected chi connectivity index (χ0v) is 23.6. The molecule has 1 atom stereocenters. The lowest BCUT2D eigenvalue weighted by Crippen LogP contribution is -2.01. The van der Waals surface area contributed by atoms with Gasteiger partial charge in [0.25, 0.3) is 0 Å². The van der Waals surface area contributed by atoms with Crippen LogP contribution in [0.5, 0.6) is 0 Å². The van der Waals surface area contributed by atoms with Crippen LogP contribution in [0.3, 0.4) is 0 Å². The monoisotopic (exact) mass is 500 g/mol. The van der Waals surface area contributed by atoms with Gasteiger partial charge < -0.3 is 0 Å². The quantitative estimate of drug-likeness (QED) is 0.0775. The molecule has 0 spiro atoms. The van der Waals surface area contributed by atoms with E-state index in [4.69, 9.17) is 0 Å². The third-order valence-corrected chi connectivity index (χ3v) is 7.74. The van der Waals surface area contributed by atoms with E-state index < -0.39 is 0 Å². The topological polar surface area (TPSA) is 0 Å². The average Bonchev–Trinajstić information content (AvgIpc) is 2.78. The van der Waals surface area contributed by atoms with E-state index in [1.165, 1.54) is 172 Å². The maximum absolute atomic E-state index is 3.56. The van der Waals surface area contributed by atoms with Gasteiger partial charge in [-0.1, -0.05) is 190 Å². The molecule has 0 aromatic heterocycles. The first-order valence-electron chi connectivity index (χ1n) is 14.9. The first kappa shape index (κ1) is 31.5. The Balaban J connectivity index is 3.78. The van der Waals surface area contributed by atoms with Crippen LogP contribution in [0, 0.1) is 5.92 Å². The maximum atomic E-state index is 3.56. The van der Waals surface area contributed by atoms with Crippen molar-refractivity contribution in [2.75, 3.05) is 5.33 Å². The summed E-state index contributed by atoms with van der Waals surface area (Å²) in [6, 6.07) is 0. The Kier molecular flexibility index (Phi) is 29.0. The minimum Gasteiger partial charge on any atom is -0.0928 e. The van der Waals surface area contributed by atoms with Gasteiger partial charge >= 0.3 is 0 Å². The van der Waals surface area contributed by atoms with Crippen LogP contribution in [0.4, 0.5) is 0 Å². The molecule has 188 valence electrons. The van der Waals surface area contributed by atoms with Crippen LogP contribution in [0.25, 0.3) is 0 Å². The standard InChI is InChI=1S/C30H61Br/c1-3-5-7-9-11-13-14-16-19-23-27-30(28-24-20-17-21-25-29-31)26-22-18-15-12-10-8-6-4-2/h30H,3-29H2,1-2H3. The fourth-order valence-corrected chi connectivity index (χ4v) is 5.37. The van der Waals surface area contributed by atoms with Gasteiger partial charge in [0, 0.05) is 5.33 Å². The minimum atomic E-state index is 1.03. The summed E-state index contributed by atoms with van der Waals surface area (Å²) < 4.78 is 0. The highest BCUT2D eigenvalue weighted by atomic mass is 79.9. The first-order valence-corrected chi connectivity index (χ1v) is 16.0. The highest BCUT2D eigenvalue weighted by Crippen LogP contribution is 2.25. The number of hydrogen-bond donors (Lipinski definition) is 0. The summed E-state index contributed by atoms with van der Waals surface area (Å²) in [5.74, 6) is 1.03. The second-order valence-electron chi connectivity index (χ2n) is 10.3. The predicted molar refractivity (Wildman–Crippen MR) is 149 cm³/mol. The summed E-state index contributed by atoms with van der Waals surface area (Å²) in [4.78, 5) is 0. The second kappa shape index (κ2) is 28.5. The fraction of sp³-hybridized carbons (Fsp3) is 1.00. The summed E-state index contributed by atoms with van der Waals surface area (Å²) in [6.07, 6.45) is 38.2. The average molecular weight is 502 g/mol. The number of unbranched alkanes of at least 4 members (excludes halogenated alkanes) is 20. The summed E-state index contributed by atoms with van der Waals surface area (Å²) in [5.41, 5.74) is 0. The lowest BCUT2D eigenvalue weighted by atomic mass is 9.89. The Labute approximate surface area is 207 Å². The molecule has 0 aliphatic rings. The molecule has 0 rings (SSSR count). The van der Waals surface area contributed by atoms with Crippen molar-refractivity contribution >= 4 is 15.9 Å². The van der Waals surface area contributed by atoms with Gasteiger partial charge in [0.1, 0.15) is 0 Å². The van der Waals surface area contributed by atoms with Crippen molar-refractivity contribution in [3.05, 3.63) is 0 Å². The lowest BCUT2D eigenvalue weighted by Gasteiger charge is -2.17. The molecule has 31 heavy (non-hydrogen) atoms. The summed E-state index contributed by atoms with van der Waals surface area (Å²) >= 11 is 3.56. The maximum Gasteiger partial charge on any atom is 0.00313 e. The number of hydrogen-bond acceptors (Lipinski definition) is 0. The van der Waals surface area contributed by atoms with Gasteiger partial charge in [-0.25, -0.2) is 0 Å². The number of rotatable bonds is 27. The molecule has 0 heterocycles. The van der Waals surface area contributed by atoms with Crippen molar-refractivity contribution in [3.8, 4) is 0 Å². The molecule has 0 fully saturated rings. The van der Waals surface area contributed by atoms with Gasteiger partial charge in [-0.2, -0.15) is 0 Å². The molecule has 0 aliphatic carbocycles. The van der Waals surface area contributed by atoms with Crippen LogP contribution in [-0.2, 0) is 0 Å². The first-order chi connectivity index (χ1) is 15.3. The Morgan fingerprint density at radius 1 is 0.355 bits per heavy atom. The zero-order valence-electron chi connectivity index (χ0n) is 22.0. The Hall–Kier alpha value is 0.480. The third-order valence-electron chi connectivity index (χ3n) is 7.18. The van der Waals surface area contributed by atoms with E-state index in [2.05, 4.69) is 29.8 Å². The summed E-state index contributed by atoms with van der Waals surface area (Å²) in [5, 5.41) is 1.19. The van der Waals surface area contributed by atoms with Gasteiger partial charge in [-0.15, -0.1) is 0 Å². The van der Waals surface area contributed by atoms with Crippen molar-refractivity contribution in [2.45, 2.75) is 181 Å². The van der Waals surface area contributed by atoms with E-state index in [1.807, 2.05) is 0 Å². The number of alkyl halides is 1. The van der Waals surface area contributed by atoms with E-state index >= 15 is 0 Å². The molecule has 0 aromatic carbocycles. The Bertz CT molecular complexity index is 301. The van der Waals surface area contributed by atoms with E-state index in [0.29, 0.717) is 0 Å². The van der Waals surface area contributed by atoms with E-state index in [0.717, 1.165) is 5.92 Å².